The molecule has 1 aliphatic carbocycles. The predicted octanol–water partition coefficient (Wildman–Crippen LogP) is 2.16. The Kier molecular flexibility index (Phi) is 2.92. The first-order chi connectivity index (χ1) is 6.75. The van der Waals surface area contributed by atoms with Gasteiger partial charge in [0.05, 0.1) is 0 Å². The van der Waals surface area contributed by atoms with Crippen molar-refractivity contribution in [2.45, 2.75) is 26.3 Å². The van der Waals surface area contributed by atoms with Gasteiger partial charge in [0.15, 0.2) is 0 Å². The lowest BCUT2D eigenvalue weighted by atomic mass is 10.1. The van der Waals surface area contributed by atoms with Crippen molar-refractivity contribution in [3.05, 3.63) is 24.0 Å². The van der Waals surface area contributed by atoms with E-state index in [9.17, 15) is 0 Å². The van der Waals surface area contributed by atoms with E-state index in [-0.39, 0.29) is 0 Å². The van der Waals surface area contributed by atoms with Gasteiger partial charge in [0.1, 0.15) is 0 Å². The van der Waals surface area contributed by atoms with Crippen molar-refractivity contribution >= 4 is 0 Å². The third-order valence-corrected chi connectivity index (χ3v) is 3.12. The summed E-state index contributed by atoms with van der Waals surface area (Å²) in [6, 6.07) is 2.18. The molecule has 1 aromatic heterocycles. The highest BCUT2D eigenvalue weighted by Crippen LogP contribution is 2.36. The molecule has 1 N–H and O–H groups in total. The third kappa shape index (κ3) is 2.61. The van der Waals surface area contributed by atoms with Gasteiger partial charge < -0.3 is 9.88 Å². The standard InChI is InChI=1S/C12H20N2/c1-10(12-3-4-12)7-13-8-11-5-6-14(2)9-11/h5-6,9-10,12-13H,3-4,7-8H2,1-2H3. The molecule has 0 amide bonds. The largest absolute Gasteiger partial charge is 0.357 e. The quantitative estimate of drug-likeness (QED) is 0.756. The molecule has 14 heavy (non-hydrogen) atoms. The molecule has 1 heterocycles. The molecule has 2 heteroatoms. The zero-order valence-corrected chi connectivity index (χ0v) is 9.16. The maximum atomic E-state index is 3.52. The molecule has 1 atom stereocenters. The monoisotopic (exact) mass is 192 g/mol. The zero-order valence-electron chi connectivity index (χ0n) is 9.16. The molecule has 0 aliphatic heterocycles. The number of aryl methyl sites for hydroxylation is 1. The smallest absolute Gasteiger partial charge is 0.0220 e. The Morgan fingerprint density at radius 2 is 2.36 bits per heavy atom. The fourth-order valence-corrected chi connectivity index (χ4v) is 1.94. The summed E-state index contributed by atoms with van der Waals surface area (Å²) in [5.74, 6) is 1.87. The Morgan fingerprint density at radius 3 is 2.93 bits per heavy atom. The summed E-state index contributed by atoms with van der Waals surface area (Å²) in [6.07, 6.45) is 7.18. The molecule has 2 nitrogen and oxygen atoms in total. The van der Waals surface area contributed by atoms with Gasteiger partial charge in [0.25, 0.3) is 0 Å². The molecule has 1 unspecified atom stereocenters. The van der Waals surface area contributed by atoms with Crippen molar-refractivity contribution in [3.8, 4) is 0 Å². The molecule has 1 aliphatic rings. The Balaban J connectivity index is 1.67. The highest BCUT2D eigenvalue weighted by atomic mass is 14.9. The number of nitrogens with one attached hydrogen (secondary N) is 1. The molecule has 78 valence electrons. The maximum Gasteiger partial charge on any atom is 0.0220 e. The van der Waals surface area contributed by atoms with Crippen molar-refractivity contribution < 1.29 is 0 Å². The Hall–Kier alpha value is -0.760. The van der Waals surface area contributed by atoms with Crippen LogP contribution in [0.4, 0.5) is 0 Å². The average molecular weight is 192 g/mol. The Labute approximate surface area is 86.3 Å². The second-order valence-corrected chi connectivity index (χ2v) is 4.63. The molecule has 0 aromatic carbocycles. The average Bonchev–Trinajstić information content (AvgIpc) is 2.92. The molecule has 1 aromatic rings. The van der Waals surface area contributed by atoms with E-state index in [0.29, 0.717) is 0 Å². The van der Waals surface area contributed by atoms with Gasteiger partial charge in [-0.2, -0.15) is 0 Å². The minimum absolute atomic E-state index is 0.860. The lowest BCUT2D eigenvalue weighted by Crippen LogP contribution is -2.21. The molecule has 0 bridgehead atoms. The molecule has 0 radical (unpaired) electrons. The highest BCUT2D eigenvalue weighted by Gasteiger charge is 2.27. The van der Waals surface area contributed by atoms with Crippen LogP contribution in [0.15, 0.2) is 18.5 Å². The maximum absolute atomic E-state index is 3.52. The molecule has 2 rings (SSSR count). The predicted molar refractivity (Wildman–Crippen MR) is 59.0 cm³/mol. The van der Waals surface area contributed by atoms with Crippen LogP contribution in [0, 0.1) is 11.8 Å². The van der Waals surface area contributed by atoms with Crippen LogP contribution < -0.4 is 5.32 Å². The van der Waals surface area contributed by atoms with Crippen molar-refractivity contribution in [2.75, 3.05) is 6.54 Å². The van der Waals surface area contributed by atoms with Crippen LogP contribution in [0.25, 0.3) is 0 Å². The van der Waals surface area contributed by atoms with Crippen LogP contribution in [0.1, 0.15) is 25.3 Å². The summed E-state index contributed by atoms with van der Waals surface area (Å²) >= 11 is 0. The van der Waals surface area contributed by atoms with Gasteiger partial charge in [0, 0.05) is 26.0 Å². The second kappa shape index (κ2) is 4.18. The minimum Gasteiger partial charge on any atom is -0.357 e. The minimum atomic E-state index is 0.860. The second-order valence-electron chi connectivity index (χ2n) is 4.63. The van der Waals surface area contributed by atoms with Gasteiger partial charge in [-0.25, -0.2) is 0 Å². The van der Waals surface area contributed by atoms with E-state index in [1.165, 1.54) is 24.9 Å². The number of hydrogen-bond donors (Lipinski definition) is 1. The van der Waals surface area contributed by atoms with Crippen LogP contribution in [-0.4, -0.2) is 11.1 Å². The van der Waals surface area contributed by atoms with Gasteiger partial charge in [-0.15, -0.1) is 0 Å². The van der Waals surface area contributed by atoms with Crippen LogP contribution in [-0.2, 0) is 13.6 Å². The van der Waals surface area contributed by atoms with Crippen molar-refractivity contribution in [1.82, 2.24) is 9.88 Å². The van der Waals surface area contributed by atoms with Crippen molar-refractivity contribution in [1.29, 1.82) is 0 Å². The molecule has 0 spiro atoms. The number of nitrogens with zero attached hydrogens (tertiary/aromatic N) is 1. The van der Waals surface area contributed by atoms with E-state index in [2.05, 4.69) is 42.3 Å². The van der Waals surface area contributed by atoms with Gasteiger partial charge in [-0.3, -0.25) is 0 Å². The Bertz CT molecular complexity index is 286. The summed E-state index contributed by atoms with van der Waals surface area (Å²) in [4.78, 5) is 0. The van der Waals surface area contributed by atoms with Crippen molar-refractivity contribution in [3.63, 3.8) is 0 Å². The summed E-state index contributed by atoms with van der Waals surface area (Å²) < 4.78 is 2.10. The molecule has 0 saturated heterocycles. The topological polar surface area (TPSA) is 17.0 Å². The Morgan fingerprint density at radius 1 is 1.57 bits per heavy atom. The van der Waals surface area contributed by atoms with Crippen LogP contribution in [0.3, 0.4) is 0 Å². The summed E-state index contributed by atoms with van der Waals surface area (Å²) in [6.45, 7) is 4.53. The molecular weight excluding hydrogens is 172 g/mol. The van der Waals surface area contributed by atoms with E-state index in [1.54, 1.807) is 0 Å². The fourth-order valence-electron chi connectivity index (χ4n) is 1.94. The summed E-state index contributed by atoms with van der Waals surface area (Å²) in [5.41, 5.74) is 1.38. The van der Waals surface area contributed by atoms with Gasteiger partial charge in [-0.05, 0) is 42.9 Å². The first kappa shape index (κ1) is 9.78. The normalized spacial score (nSPS) is 18.4. The SMILES string of the molecule is CC(CNCc1ccn(C)c1)C1CC1. The lowest BCUT2D eigenvalue weighted by Gasteiger charge is -2.10. The molecular formula is C12H20N2. The van der Waals surface area contributed by atoms with Crippen LogP contribution >= 0.6 is 0 Å². The van der Waals surface area contributed by atoms with Crippen LogP contribution in [0.5, 0.6) is 0 Å². The van der Waals surface area contributed by atoms with Gasteiger partial charge in [0.2, 0.25) is 0 Å². The highest BCUT2D eigenvalue weighted by molar-refractivity contribution is 5.09. The number of hydrogen-bond acceptors (Lipinski definition) is 1. The number of rotatable bonds is 5. The van der Waals surface area contributed by atoms with Gasteiger partial charge in [-0.1, -0.05) is 6.92 Å². The summed E-state index contributed by atoms with van der Waals surface area (Å²) in [5, 5.41) is 3.52. The third-order valence-electron chi connectivity index (χ3n) is 3.12. The molecule has 1 fully saturated rings. The first-order valence-electron chi connectivity index (χ1n) is 5.57. The van der Waals surface area contributed by atoms with Crippen molar-refractivity contribution in [2.24, 2.45) is 18.9 Å². The lowest BCUT2D eigenvalue weighted by molar-refractivity contribution is 0.461. The van der Waals surface area contributed by atoms with Crippen LogP contribution in [0.2, 0.25) is 0 Å². The number of aromatic nitrogens is 1. The van der Waals surface area contributed by atoms with E-state index < -0.39 is 0 Å². The van der Waals surface area contributed by atoms with Gasteiger partial charge >= 0.3 is 0 Å². The first-order valence-corrected chi connectivity index (χ1v) is 5.57. The molecule has 1 saturated carbocycles. The fraction of sp³-hybridized carbons (Fsp3) is 0.667. The summed E-state index contributed by atoms with van der Waals surface area (Å²) in [7, 11) is 2.07. The van der Waals surface area contributed by atoms with E-state index in [0.717, 1.165) is 18.4 Å². The zero-order chi connectivity index (χ0) is 9.97. The van der Waals surface area contributed by atoms with E-state index >= 15 is 0 Å². The van der Waals surface area contributed by atoms with E-state index in [1.807, 2.05) is 0 Å². The van der Waals surface area contributed by atoms with E-state index in [4.69, 9.17) is 0 Å².